The van der Waals surface area contributed by atoms with Crippen molar-refractivity contribution >= 4 is 5.69 Å². The number of nitrogens with zero attached hydrogens (tertiary/aromatic N) is 1. The van der Waals surface area contributed by atoms with Crippen molar-refractivity contribution in [1.29, 1.82) is 0 Å². The Morgan fingerprint density at radius 1 is 1.21 bits per heavy atom. The first-order valence-electron chi connectivity index (χ1n) is 7.65. The van der Waals surface area contributed by atoms with Gasteiger partial charge in [-0.2, -0.15) is 0 Å². The second-order valence-electron chi connectivity index (χ2n) is 5.72. The molecule has 0 aliphatic heterocycles. The molecule has 1 aromatic carbocycles. The van der Waals surface area contributed by atoms with Crippen molar-refractivity contribution in [1.82, 2.24) is 5.32 Å². The van der Waals surface area contributed by atoms with Gasteiger partial charge in [-0.3, -0.25) is 0 Å². The zero-order chi connectivity index (χ0) is 14.1. The Bertz CT molecular complexity index is 347. The molecule has 2 nitrogen and oxygen atoms in total. The molecule has 0 fully saturated rings. The largest absolute Gasteiger partial charge is 0.372 e. The molecule has 0 saturated heterocycles. The summed E-state index contributed by atoms with van der Waals surface area (Å²) in [6.45, 7) is 13.4. The molecule has 0 bridgehead atoms. The van der Waals surface area contributed by atoms with Crippen LogP contribution >= 0.6 is 0 Å². The Morgan fingerprint density at radius 3 is 2.63 bits per heavy atom. The summed E-state index contributed by atoms with van der Waals surface area (Å²) in [4.78, 5) is 2.47. The molecule has 19 heavy (non-hydrogen) atoms. The fourth-order valence-corrected chi connectivity index (χ4v) is 2.24. The molecule has 0 spiro atoms. The minimum Gasteiger partial charge on any atom is -0.372 e. The molecule has 108 valence electrons. The van der Waals surface area contributed by atoms with E-state index in [0.717, 1.165) is 32.1 Å². The smallest absolute Gasteiger partial charge is 0.0368 e. The lowest BCUT2D eigenvalue weighted by molar-refractivity contribution is 0.534. The quantitative estimate of drug-likeness (QED) is 0.680. The molecule has 1 N–H and O–H groups in total. The van der Waals surface area contributed by atoms with E-state index in [2.05, 4.69) is 62.2 Å². The minimum absolute atomic E-state index is 0.749. The first kappa shape index (κ1) is 16.0. The summed E-state index contributed by atoms with van der Waals surface area (Å²) in [5, 5.41) is 3.51. The van der Waals surface area contributed by atoms with Gasteiger partial charge in [-0.1, -0.05) is 26.0 Å². The van der Waals surface area contributed by atoms with Crippen LogP contribution in [0.3, 0.4) is 0 Å². The van der Waals surface area contributed by atoms with Crippen LogP contribution in [0, 0.1) is 12.8 Å². The Kier molecular flexibility index (Phi) is 7.57. The second-order valence-corrected chi connectivity index (χ2v) is 5.72. The Labute approximate surface area is 119 Å². The van der Waals surface area contributed by atoms with Crippen LogP contribution in [0.2, 0.25) is 0 Å². The zero-order valence-electron chi connectivity index (χ0n) is 13.1. The highest BCUT2D eigenvalue weighted by Gasteiger charge is 2.03. The average Bonchev–Trinajstić information content (AvgIpc) is 2.37. The summed E-state index contributed by atoms with van der Waals surface area (Å²) in [5.41, 5.74) is 2.70. The summed E-state index contributed by atoms with van der Waals surface area (Å²) in [6, 6.07) is 8.80. The van der Waals surface area contributed by atoms with Gasteiger partial charge in [0.2, 0.25) is 0 Å². The van der Waals surface area contributed by atoms with Crippen LogP contribution < -0.4 is 10.2 Å². The van der Waals surface area contributed by atoms with Gasteiger partial charge in [0, 0.05) is 18.8 Å². The van der Waals surface area contributed by atoms with E-state index in [1.807, 2.05) is 0 Å². The molecule has 0 saturated carbocycles. The summed E-state index contributed by atoms with van der Waals surface area (Å²) in [5.74, 6) is 0.749. The molecule has 1 aromatic rings. The summed E-state index contributed by atoms with van der Waals surface area (Å²) >= 11 is 0. The van der Waals surface area contributed by atoms with Crippen molar-refractivity contribution in [2.75, 3.05) is 31.1 Å². The van der Waals surface area contributed by atoms with E-state index in [1.165, 1.54) is 24.1 Å². The Morgan fingerprint density at radius 2 is 2.00 bits per heavy atom. The molecule has 0 aromatic heterocycles. The number of hydrogen-bond acceptors (Lipinski definition) is 2. The van der Waals surface area contributed by atoms with Crippen LogP contribution in [0.25, 0.3) is 0 Å². The van der Waals surface area contributed by atoms with E-state index in [4.69, 9.17) is 0 Å². The van der Waals surface area contributed by atoms with E-state index in [0.29, 0.717) is 0 Å². The van der Waals surface area contributed by atoms with Crippen LogP contribution in [-0.2, 0) is 0 Å². The maximum absolute atomic E-state index is 3.51. The Hall–Kier alpha value is -1.02. The lowest BCUT2D eigenvalue weighted by Gasteiger charge is -2.23. The molecule has 0 radical (unpaired) electrons. The van der Waals surface area contributed by atoms with Gasteiger partial charge in [0.15, 0.2) is 0 Å². The lowest BCUT2D eigenvalue weighted by Crippen LogP contribution is -2.26. The van der Waals surface area contributed by atoms with Crippen molar-refractivity contribution < 1.29 is 0 Å². The minimum atomic E-state index is 0.749. The topological polar surface area (TPSA) is 15.3 Å². The van der Waals surface area contributed by atoms with Crippen molar-refractivity contribution in [3.8, 4) is 0 Å². The lowest BCUT2D eigenvalue weighted by atomic mass is 10.2. The highest BCUT2D eigenvalue weighted by Crippen LogP contribution is 2.16. The molecule has 0 aliphatic rings. The number of aryl methyl sites for hydroxylation is 1. The van der Waals surface area contributed by atoms with Gasteiger partial charge in [0.1, 0.15) is 0 Å². The number of benzene rings is 1. The summed E-state index contributed by atoms with van der Waals surface area (Å²) in [7, 11) is 0. The van der Waals surface area contributed by atoms with Crippen molar-refractivity contribution in [2.45, 2.75) is 40.5 Å². The molecule has 0 aliphatic carbocycles. The first-order valence-corrected chi connectivity index (χ1v) is 7.65. The van der Waals surface area contributed by atoms with E-state index in [-0.39, 0.29) is 0 Å². The molecule has 0 unspecified atom stereocenters. The first-order chi connectivity index (χ1) is 9.13. The number of hydrogen-bond donors (Lipinski definition) is 1. The number of unbranched alkanes of at least 4 members (excludes halogenated alkanes) is 1. The number of anilines is 1. The van der Waals surface area contributed by atoms with Crippen molar-refractivity contribution in [3.05, 3.63) is 29.8 Å². The van der Waals surface area contributed by atoms with Crippen molar-refractivity contribution in [3.63, 3.8) is 0 Å². The van der Waals surface area contributed by atoms with E-state index in [9.17, 15) is 0 Å². The number of rotatable bonds is 9. The molecule has 0 amide bonds. The number of nitrogens with one attached hydrogen (secondary N) is 1. The maximum atomic E-state index is 3.51. The summed E-state index contributed by atoms with van der Waals surface area (Å²) < 4.78 is 0. The molecule has 2 heteroatoms. The third kappa shape index (κ3) is 6.63. The van der Waals surface area contributed by atoms with E-state index >= 15 is 0 Å². The van der Waals surface area contributed by atoms with Gasteiger partial charge in [0.25, 0.3) is 0 Å². The third-order valence-corrected chi connectivity index (χ3v) is 3.33. The van der Waals surface area contributed by atoms with Crippen molar-refractivity contribution in [2.24, 2.45) is 5.92 Å². The van der Waals surface area contributed by atoms with Gasteiger partial charge in [-0.25, -0.2) is 0 Å². The molecule has 1 rings (SSSR count). The highest BCUT2D eigenvalue weighted by atomic mass is 15.1. The predicted molar refractivity (Wildman–Crippen MR) is 86.0 cm³/mol. The van der Waals surface area contributed by atoms with Crippen LogP contribution in [0.5, 0.6) is 0 Å². The molecular formula is C17H30N2. The highest BCUT2D eigenvalue weighted by molar-refractivity contribution is 5.48. The van der Waals surface area contributed by atoms with Gasteiger partial charge >= 0.3 is 0 Å². The predicted octanol–water partition coefficient (Wildman–Crippen LogP) is 3.85. The van der Waals surface area contributed by atoms with E-state index in [1.54, 1.807) is 0 Å². The zero-order valence-corrected chi connectivity index (χ0v) is 13.1. The van der Waals surface area contributed by atoms with Crippen LogP contribution in [0.1, 0.15) is 39.2 Å². The van der Waals surface area contributed by atoms with Gasteiger partial charge < -0.3 is 10.2 Å². The third-order valence-electron chi connectivity index (χ3n) is 3.33. The SMILES string of the molecule is CCN(CCCCNCC(C)C)c1cccc(C)c1. The molecular weight excluding hydrogens is 232 g/mol. The fourth-order valence-electron chi connectivity index (χ4n) is 2.24. The summed E-state index contributed by atoms with van der Waals surface area (Å²) in [6.07, 6.45) is 2.52. The average molecular weight is 262 g/mol. The maximum Gasteiger partial charge on any atom is 0.0368 e. The molecule has 0 heterocycles. The molecule has 0 atom stereocenters. The van der Waals surface area contributed by atoms with Crippen LogP contribution in [0.4, 0.5) is 5.69 Å². The van der Waals surface area contributed by atoms with Crippen LogP contribution in [0.15, 0.2) is 24.3 Å². The van der Waals surface area contributed by atoms with Gasteiger partial charge in [-0.15, -0.1) is 0 Å². The second kappa shape index (κ2) is 8.98. The Balaban J connectivity index is 2.26. The van der Waals surface area contributed by atoms with E-state index < -0.39 is 0 Å². The van der Waals surface area contributed by atoms with Gasteiger partial charge in [-0.05, 0) is 63.4 Å². The van der Waals surface area contributed by atoms with Gasteiger partial charge in [0.05, 0.1) is 0 Å². The fraction of sp³-hybridized carbons (Fsp3) is 0.647. The van der Waals surface area contributed by atoms with Crippen LogP contribution in [-0.4, -0.2) is 26.2 Å². The monoisotopic (exact) mass is 262 g/mol. The standard InChI is InChI=1S/C17H30N2/c1-5-19(17-10-8-9-16(4)13-17)12-7-6-11-18-14-15(2)3/h8-10,13,15,18H,5-7,11-12,14H2,1-4H3. The normalized spacial score (nSPS) is 11.0.